The van der Waals surface area contributed by atoms with Crippen LogP contribution in [0, 0.1) is 11.7 Å². The molecule has 3 aromatic rings. The molecule has 5 rings (SSSR count). The molecule has 0 N–H and O–H groups in total. The summed E-state index contributed by atoms with van der Waals surface area (Å²) >= 11 is 12.6. The van der Waals surface area contributed by atoms with Gasteiger partial charge in [0, 0.05) is 10.0 Å². The summed E-state index contributed by atoms with van der Waals surface area (Å²) in [5, 5.41) is 1.20. The van der Waals surface area contributed by atoms with E-state index in [-0.39, 0.29) is 30.2 Å². The van der Waals surface area contributed by atoms with Gasteiger partial charge in [0.05, 0.1) is 24.5 Å². The Hall–Kier alpha value is -3.39. The molecule has 0 radical (unpaired) electrons. The lowest BCUT2D eigenvalue weighted by Crippen LogP contribution is -2.42. The quantitative estimate of drug-likeness (QED) is 0.169. The average molecular weight is 718 g/mol. The maximum atomic E-state index is 15.7. The number of hydrogen-bond acceptors (Lipinski definition) is 7. The smallest absolute Gasteiger partial charge is 0.490 e. The van der Waals surface area contributed by atoms with Gasteiger partial charge in [0.25, 0.3) is 10.0 Å². The number of carbonyl (C=O) groups excluding carboxylic acids is 2. The van der Waals surface area contributed by atoms with E-state index >= 15 is 4.39 Å². The summed E-state index contributed by atoms with van der Waals surface area (Å²) in [5.41, 5.74) is 1.54. The monoisotopic (exact) mass is 716 g/mol. The maximum Gasteiger partial charge on any atom is 0.493 e. The standard InChI is InChI=1S/C32H30Cl2F4N2O6S/c1-47(43,44)40(46-31(42)32(36,37)38)30(41)26-16-23(20-8-9-20)17-27(28(26)35)45-18-19-10-12-39(13-11-19)29(21-4-2-6-24(33)14-21)22-5-3-7-25(34)15-22/h2-7,14-17,19-20,29H,8-13,18H2,1H3. The van der Waals surface area contributed by atoms with Crippen molar-refractivity contribution in [2.45, 2.75) is 43.8 Å². The van der Waals surface area contributed by atoms with Gasteiger partial charge in [-0.25, -0.2) is 17.6 Å². The molecule has 0 aromatic heterocycles. The molecule has 2 fully saturated rings. The van der Waals surface area contributed by atoms with E-state index in [0.29, 0.717) is 60.6 Å². The number of halogens is 6. The van der Waals surface area contributed by atoms with E-state index in [1.807, 2.05) is 36.4 Å². The van der Waals surface area contributed by atoms with Crippen LogP contribution in [-0.2, 0) is 19.7 Å². The Labute approximate surface area is 279 Å². The number of ether oxygens (including phenoxy) is 1. The highest BCUT2D eigenvalue weighted by molar-refractivity contribution is 7.88. The summed E-state index contributed by atoms with van der Waals surface area (Å²) in [4.78, 5) is 30.6. The van der Waals surface area contributed by atoms with Crippen molar-refractivity contribution in [3.63, 3.8) is 0 Å². The highest BCUT2D eigenvalue weighted by Crippen LogP contribution is 2.43. The van der Waals surface area contributed by atoms with Gasteiger partial charge in [-0.15, -0.1) is 0 Å². The van der Waals surface area contributed by atoms with Crippen LogP contribution in [-0.4, -0.2) is 61.8 Å². The second-order valence-electron chi connectivity index (χ2n) is 11.6. The Morgan fingerprint density at radius 2 is 1.53 bits per heavy atom. The Kier molecular flexibility index (Phi) is 10.4. The first kappa shape index (κ1) is 34.9. The molecule has 2 aliphatic rings. The molecule has 15 heteroatoms. The second kappa shape index (κ2) is 14.0. The highest BCUT2D eigenvalue weighted by Gasteiger charge is 2.46. The van der Waals surface area contributed by atoms with Crippen molar-refractivity contribution in [2.75, 3.05) is 26.0 Å². The molecule has 0 atom stereocenters. The van der Waals surface area contributed by atoms with Crippen molar-refractivity contribution in [1.29, 1.82) is 0 Å². The molecular weight excluding hydrogens is 687 g/mol. The number of likely N-dealkylation sites (tertiary alicyclic amines) is 1. The van der Waals surface area contributed by atoms with Gasteiger partial charge in [0.2, 0.25) is 0 Å². The van der Waals surface area contributed by atoms with Gasteiger partial charge in [-0.2, -0.15) is 13.2 Å². The molecule has 1 amide bonds. The molecule has 3 aromatic carbocycles. The van der Waals surface area contributed by atoms with Gasteiger partial charge >= 0.3 is 18.1 Å². The molecule has 1 saturated carbocycles. The summed E-state index contributed by atoms with van der Waals surface area (Å²) in [6.45, 7) is 1.37. The molecule has 1 heterocycles. The average Bonchev–Trinajstić information content (AvgIpc) is 3.85. The van der Waals surface area contributed by atoms with Crippen LogP contribution < -0.4 is 4.74 Å². The first-order valence-electron chi connectivity index (χ1n) is 14.7. The lowest BCUT2D eigenvalue weighted by atomic mass is 9.91. The normalized spacial score (nSPS) is 16.3. The summed E-state index contributed by atoms with van der Waals surface area (Å²) in [5.74, 6) is -6.48. The van der Waals surface area contributed by atoms with E-state index in [9.17, 15) is 31.2 Å². The van der Waals surface area contributed by atoms with E-state index in [1.165, 1.54) is 6.07 Å². The van der Waals surface area contributed by atoms with Crippen LogP contribution in [0.5, 0.6) is 5.75 Å². The number of nitrogens with zero attached hydrogens (tertiary/aromatic N) is 2. The highest BCUT2D eigenvalue weighted by atomic mass is 35.5. The van der Waals surface area contributed by atoms with Crippen LogP contribution >= 0.6 is 23.2 Å². The molecule has 1 saturated heterocycles. The van der Waals surface area contributed by atoms with E-state index in [1.54, 1.807) is 12.1 Å². The number of sulfonamides is 1. The molecule has 1 aliphatic heterocycles. The van der Waals surface area contributed by atoms with Crippen molar-refractivity contribution in [1.82, 2.24) is 9.37 Å². The number of piperidine rings is 1. The van der Waals surface area contributed by atoms with Gasteiger partial charge in [-0.1, -0.05) is 51.9 Å². The molecule has 0 bridgehead atoms. The third-order valence-electron chi connectivity index (χ3n) is 8.02. The van der Waals surface area contributed by atoms with Gasteiger partial charge in [0.1, 0.15) is 0 Å². The van der Waals surface area contributed by atoms with Gasteiger partial charge in [-0.05, 0) is 104 Å². The minimum atomic E-state index is -5.61. The fraction of sp³-hybridized carbons (Fsp3) is 0.375. The minimum absolute atomic E-state index is 0.0194. The van der Waals surface area contributed by atoms with Crippen molar-refractivity contribution < 1.29 is 45.1 Å². The van der Waals surface area contributed by atoms with Crippen molar-refractivity contribution >= 4 is 45.1 Å². The van der Waals surface area contributed by atoms with Gasteiger partial charge in [0.15, 0.2) is 11.6 Å². The number of hydrogen-bond donors (Lipinski definition) is 0. The number of hydroxylamine groups is 1. The second-order valence-corrected chi connectivity index (χ2v) is 14.3. The Bertz CT molecular complexity index is 1720. The van der Waals surface area contributed by atoms with Crippen LogP contribution in [0.4, 0.5) is 17.6 Å². The predicted molar refractivity (Wildman–Crippen MR) is 166 cm³/mol. The molecule has 252 valence electrons. The van der Waals surface area contributed by atoms with Crippen LogP contribution in [0.25, 0.3) is 0 Å². The zero-order valence-electron chi connectivity index (χ0n) is 25.0. The third-order valence-corrected chi connectivity index (χ3v) is 9.34. The van der Waals surface area contributed by atoms with E-state index in [0.717, 1.165) is 17.2 Å². The summed E-state index contributed by atoms with van der Waals surface area (Å²) in [6, 6.07) is 17.5. The molecule has 47 heavy (non-hydrogen) atoms. The largest absolute Gasteiger partial charge is 0.493 e. The Balaban J connectivity index is 1.32. The van der Waals surface area contributed by atoms with E-state index in [4.69, 9.17) is 27.9 Å². The topological polar surface area (TPSA) is 93.2 Å². The van der Waals surface area contributed by atoms with Crippen LogP contribution in [0.1, 0.15) is 64.7 Å². The zero-order chi connectivity index (χ0) is 34.1. The number of alkyl halides is 3. The summed E-state index contributed by atoms with van der Waals surface area (Å²) < 4.78 is 83.6. The van der Waals surface area contributed by atoms with E-state index in [2.05, 4.69) is 9.74 Å². The van der Waals surface area contributed by atoms with Gasteiger partial charge < -0.3 is 9.57 Å². The molecular formula is C32H30Cl2F4N2O6S. The van der Waals surface area contributed by atoms with E-state index < -0.39 is 43.9 Å². The summed E-state index contributed by atoms with van der Waals surface area (Å²) in [6.07, 6.45) is -2.51. The van der Waals surface area contributed by atoms with Crippen LogP contribution in [0.2, 0.25) is 10.0 Å². The molecule has 1 aliphatic carbocycles. The zero-order valence-corrected chi connectivity index (χ0v) is 27.3. The Morgan fingerprint density at radius 3 is 2.02 bits per heavy atom. The first-order valence-corrected chi connectivity index (χ1v) is 17.3. The van der Waals surface area contributed by atoms with Crippen molar-refractivity contribution in [2.24, 2.45) is 5.92 Å². The number of amides is 1. The van der Waals surface area contributed by atoms with Crippen LogP contribution in [0.15, 0.2) is 60.7 Å². The minimum Gasteiger partial charge on any atom is -0.490 e. The lowest BCUT2D eigenvalue weighted by molar-refractivity contribution is -0.216. The molecule has 0 unspecified atom stereocenters. The SMILES string of the molecule is CS(=O)(=O)N(OC(=O)C(F)(F)F)C(=O)c1cc(C2CC2)cc(OCC2CCN(C(c3cccc(Cl)c3)c3cccc(Cl)c3)CC2)c1F. The molecule has 8 nitrogen and oxygen atoms in total. The number of rotatable bonds is 9. The van der Waals surface area contributed by atoms with Crippen molar-refractivity contribution in [3.8, 4) is 5.75 Å². The first-order chi connectivity index (χ1) is 22.1. The fourth-order valence-corrected chi connectivity index (χ4v) is 6.57. The van der Waals surface area contributed by atoms with Crippen molar-refractivity contribution in [3.05, 3.63) is 98.8 Å². The van der Waals surface area contributed by atoms with Crippen LogP contribution in [0.3, 0.4) is 0 Å². The fourth-order valence-electron chi connectivity index (χ4n) is 5.57. The third kappa shape index (κ3) is 8.56. The maximum absolute atomic E-state index is 15.7. The molecule has 0 spiro atoms. The number of carbonyl (C=O) groups is 2. The Morgan fingerprint density at radius 1 is 0.957 bits per heavy atom. The number of benzene rings is 3. The lowest BCUT2D eigenvalue weighted by Gasteiger charge is -2.38. The van der Waals surface area contributed by atoms with Gasteiger partial charge in [-0.3, -0.25) is 9.69 Å². The predicted octanol–water partition coefficient (Wildman–Crippen LogP) is 7.31. The summed E-state index contributed by atoms with van der Waals surface area (Å²) in [7, 11) is -4.89.